The molecule has 0 spiro atoms. The molecule has 9 heteroatoms. The van der Waals surface area contributed by atoms with Gasteiger partial charge in [-0.3, -0.25) is 0 Å². The molecule has 1 aromatic carbocycles. The minimum Gasteiger partial charge on any atom is -0.462 e. The number of benzene rings is 1. The van der Waals surface area contributed by atoms with Crippen LogP contribution in [-0.2, 0) is 16.1 Å². The maximum absolute atomic E-state index is 12.1. The standard InChI is InChI=1S/C21H25ClN4O4/c1-2-29-20(27)15-12-24-19(22)18-17(15)25-16(26-18)10-6-7-11-23-21(28)30-13-14-8-4-3-5-9-14/h3-5,8-9,12,16,25-26H,2,6-7,10-11,13H2,1H3,(H,23,28). The number of unbranched alkanes of at least 4 members (excludes halogenated alkanes) is 1. The summed E-state index contributed by atoms with van der Waals surface area (Å²) in [4.78, 5) is 27.9. The first-order valence-electron chi connectivity index (χ1n) is 9.91. The zero-order valence-electron chi connectivity index (χ0n) is 16.7. The van der Waals surface area contributed by atoms with Crippen LogP contribution in [0.25, 0.3) is 0 Å². The van der Waals surface area contributed by atoms with Crippen LogP contribution in [0, 0.1) is 0 Å². The van der Waals surface area contributed by atoms with Crippen LogP contribution >= 0.6 is 11.6 Å². The molecular formula is C21H25ClN4O4. The van der Waals surface area contributed by atoms with Crippen LogP contribution < -0.4 is 16.0 Å². The van der Waals surface area contributed by atoms with E-state index in [9.17, 15) is 9.59 Å². The fraction of sp³-hybridized carbons (Fsp3) is 0.381. The lowest BCUT2D eigenvalue weighted by Gasteiger charge is -2.12. The van der Waals surface area contributed by atoms with E-state index in [1.807, 2.05) is 30.3 Å². The molecule has 1 aromatic heterocycles. The van der Waals surface area contributed by atoms with E-state index in [-0.39, 0.29) is 19.4 Å². The number of esters is 1. The highest BCUT2D eigenvalue weighted by Gasteiger charge is 2.28. The first-order valence-corrected chi connectivity index (χ1v) is 10.3. The monoisotopic (exact) mass is 432 g/mol. The van der Waals surface area contributed by atoms with E-state index in [0.717, 1.165) is 24.8 Å². The number of alkyl carbamates (subject to hydrolysis) is 1. The molecule has 2 aromatic rings. The highest BCUT2D eigenvalue weighted by Crippen LogP contribution is 2.38. The third-order valence-electron chi connectivity index (χ3n) is 4.57. The Morgan fingerprint density at radius 1 is 1.13 bits per heavy atom. The molecule has 3 rings (SSSR count). The molecule has 2 heterocycles. The van der Waals surface area contributed by atoms with Crippen LogP contribution in [-0.4, -0.2) is 36.4 Å². The summed E-state index contributed by atoms with van der Waals surface area (Å²) in [5, 5.41) is 9.58. The first-order chi connectivity index (χ1) is 14.6. The van der Waals surface area contributed by atoms with E-state index < -0.39 is 12.1 Å². The average Bonchev–Trinajstić information content (AvgIpc) is 3.18. The van der Waals surface area contributed by atoms with E-state index in [4.69, 9.17) is 21.1 Å². The largest absolute Gasteiger partial charge is 0.462 e. The lowest BCUT2D eigenvalue weighted by atomic mass is 10.2. The van der Waals surface area contributed by atoms with E-state index in [2.05, 4.69) is 20.9 Å². The normalized spacial score (nSPS) is 14.3. The highest BCUT2D eigenvalue weighted by atomic mass is 35.5. The predicted octanol–water partition coefficient (Wildman–Crippen LogP) is 4.17. The molecule has 3 N–H and O–H groups in total. The number of aromatic nitrogens is 1. The smallest absolute Gasteiger partial charge is 0.407 e. The van der Waals surface area contributed by atoms with Gasteiger partial charge < -0.3 is 25.4 Å². The van der Waals surface area contributed by atoms with Crippen molar-refractivity contribution in [2.75, 3.05) is 23.8 Å². The van der Waals surface area contributed by atoms with E-state index >= 15 is 0 Å². The fourth-order valence-corrected chi connectivity index (χ4v) is 3.30. The Labute approximate surface area is 180 Å². The summed E-state index contributed by atoms with van der Waals surface area (Å²) in [6.07, 6.45) is 3.31. The van der Waals surface area contributed by atoms with Crippen molar-refractivity contribution in [1.82, 2.24) is 10.3 Å². The number of fused-ring (bicyclic) bond motifs is 1. The number of anilines is 2. The Balaban J connectivity index is 1.38. The molecule has 1 unspecified atom stereocenters. The van der Waals surface area contributed by atoms with Gasteiger partial charge in [0.2, 0.25) is 0 Å². The topological polar surface area (TPSA) is 102 Å². The van der Waals surface area contributed by atoms with Crippen LogP contribution in [0.1, 0.15) is 42.1 Å². The van der Waals surface area contributed by atoms with E-state index in [1.165, 1.54) is 6.20 Å². The number of nitrogens with one attached hydrogen (secondary N) is 3. The number of carbonyl (C=O) groups excluding carboxylic acids is 2. The second-order valence-corrected chi connectivity index (χ2v) is 7.12. The van der Waals surface area contributed by atoms with Crippen molar-refractivity contribution in [3.05, 3.63) is 52.8 Å². The molecule has 0 radical (unpaired) electrons. The van der Waals surface area contributed by atoms with Crippen molar-refractivity contribution in [2.45, 2.75) is 39.0 Å². The summed E-state index contributed by atoms with van der Waals surface area (Å²) in [5.74, 6) is -0.439. The number of carbonyl (C=O) groups is 2. The molecule has 0 aliphatic carbocycles. The van der Waals surface area contributed by atoms with Crippen LogP contribution in [0.4, 0.5) is 16.2 Å². The maximum atomic E-state index is 12.1. The average molecular weight is 433 g/mol. The predicted molar refractivity (Wildman–Crippen MR) is 115 cm³/mol. The van der Waals surface area contributed by atoms with Crippen molar-refractivity contribution in [3.63, 3.8) is 0 Å². The third kappa shape index (κ3) is 5.76. The highest BCUT2D eigenvalue weighted by molar-refractivity contribution is 6.33. The molecule has 1 amide bonds. The molecule has 1 aliphatic heterocycles. The lowest BCUT2D eigenvalue weighted by Crippen LogP contribution is -2.26. The summed E-state index contributed by atoms with van der Waals surface area (Å²) >= 11 is 6.15. The lowest BCUT2D eigenvalue weighted by molar-refractivity contribution is 0.0527. The number of pyridine rings is 1. The van der Waals surface area contributed by atoms with Crippen molar-refractivity contribution in [3.8, 4) is 0 Å². The van der Waals surface area contributed by atoms with Crippen molar-refractivity contribution in [1.29, 1.82) is 0 Å². The third-order valence-corrected chi connectivity index (χ3v) is 4.85. The number of hydrogen-bond acceptors (Lipinski definition) is 7. The van der Waals surface area contributed by atoms with Gasteiger partial charge in [0.25, 0.3) is 0 Å². The van der Waals surface area contributed by atoms with Crippen LogP contribution in [0.2, 0.25) is 5.15 Å². The van der Waals surface area contributed by atoms with Gasteiger partial charge in [0.1, 0.15) is 12.2 Å². The molecule has 1 atom stereocenters. The zero-order chi connectivity index (χ0) is 21.3. The molecule has 0 saturated heterocycles. The van der Waals surface area contributed by atoms with Gasteiger partial charge >= 0.3 is 12.1 Å². The quantitative estimate of drug-likeness (QED) is 0.310. The van der Waals surface area contributed by atoms with Gasteiger partial charge in [-0.05, 0) is 31.7 Å². The maximum Gasteiger partial charge on any atom is 0.407 e. The summed E-state index contributed by atoms with van der Waals surface area (Å²) in [6, 6.07) is 9.53. The Morgan fingerprint density at radius 3 is 2.67 bits per heavy atom. The van der Waals surface area contributed by atoms with Gasteiger partial charge in [0.05, 0.1) is 24.1 Å². The molecule has 1 aliphatic rings. The van der Waals surface area contributed by atoms with Crippen LogP contribution in [0.15, 0.2) is 36.5 Å². The van der Waals surface area contributed by atoms with Crippen molar-refractivity contribution in [2.24, 2.45) is 0 Å². The van der Waals surface area contributed by atoms with Gasteiger partial charge in [-0.15, -0.1) is 0 Å². The molecule has 160 valence electrons. The van der Waals surface area contributed by atoms with E-state index in [1.54, 1.807) is 6.92 Å². The molecular weight excluding hydrogens is 408 g/mol. The SMILES string of the molecule is CCOC(=O)c1cnc(Cl)c2c1NC(CCCCNC(=O)OCc1ccccc1)N2. The number of hydrogen-bond donors (Lipinski definition) is 3. The Hall–Kier alpha value is -3.00. The van der Waals surface area contributed by atoms with E-state index in [0.29, 0.717) is 28.6 Å². The summed E-state index contributed by atoms with van der Waals surface area (Å²) in [5.41, 5.74) is 2.52. The van der Waals surface area contributed by atoms with Gasteiger partial charge in [0.15, 0.2) is 5.15 Å². The second-order valence-electron chi connectivity index (χ2n) is 6.76. The number of rotatable bonds is 9. The Kier molecular flexibility index (Phi) is 7.73. The molecule has 0 bridgehead atoms. The van der Waals surface area contributed by atoms with Crippen LogP contribution in [0.3, 0.4) is 0 Å². The molecule has 30 heavy (non-hydrogen) atoms. The number of ether oxygens (including phenoxy) is 2. The zero-order valence-corrected chi connectivity index (χ0v) is 17.5. The summed E-state index contributed by atoms with van der Waals surface area (Å²) in [6.45, 7) is 2.80. The number of amides is 1. The van der Waals surface area contributed by atoms with Crippen molar-refractivity contribution < 1.29 is 19.1 Å². The number of halogens is 1. The minimum atomic E-state index is -0.439. The number of nitrogens with zero attached hydrogens (tertiary/aromatic N) is 1. The molecule has 0 saturated carbocycles. The van der Waals surface area contributed by atoms with Gasteiger partial charge in [-0.25, -0.2) is 14.6 Å². The Bertz CT molecular complexity index is 879. The Morgan fingerprint density at radius 2 is 1.90 bits per heavy atom. The van der Waals surface area contributed by atoms with Gasteiger partial charge in [-0.1, -0.05) is 41.9 Å². The van der Waals surface area contributed by atoms with Crippen molar-refractivity contribution >= 4 is 35.0 Å². The van der Waals surface area contributed by atoms with Crippen LogP contribution in [0.5, 0.6) is 0 Å². The minimum absolute atomic E-state index is 0.0834. The van der Waals surface area contributed by atoms with Gasteiger partial charge in [0, 0.05) is 12.7 Å². The fourth-order valence-electron chi connectivity index (χ4n) is 3.10. The van der Waals surface area contributed by atoms with Gasteiger partial charge in [-0.2, -0.15) is 0 Å². The first kappa shape index (κ1) is 21.7. The molecule has 0 fully saturated rings. The molecule has 8 nitrogen and oxygen atoms in total. The second kappa shape index (κ2) is 10.7. The summed E-state index contributed by atoms with van der Waals surface area (Å²) in [7, 11) is 0. The summed E-state index contributed by atoms with van der Waals surface area (Å²) < 4.78 is 10.2.